The largest absolute Gasteiger partial charge is 0.394 e. The molecule has 3 saturated heterocycles. The van der Waals surface area contributed by atoms with Crippen molar-refractivity contribution < 1.29 is 89.4 Å². The number of hydrogen-bond donors (Lipinski definition) is 12. The lowest BCUT2D eigenvalue weighted by molar-refractivity contribution is -0.379. The van der Waals surface area contributed by atoms with Gasteiger partial charge in [-0.2, -0.15) is 0 Å². The van der Waals surface area contributed by atoms with Gasteiger partial charge in [-0.15, -0.1) is 0 Å². The fraction of sp³-hybridized carbons (Fsp3) is 0.736. The van der Waals surface area contributed by atoms with Gasteiger partial charge in [-0.3, -0.25) is 4.79 Å². The van der Waals surface area contributed by atoms with Crippen LogP contribution in [0.2, 0.25) is 0 Å². The van der Waals surface area contributed by atoms with Crippen molar-refractivity contribution in [2.75, 3.05) is 26.4 Å². The standard InChI is InChI=1S/C72H121NO18/c1-3-5-7-9-11-13-14-15-16-17-18-19-20-21-22-23-24-25-26-27-28-29-30-31-32-33-34-35-36-37-38-39-40-42-44-46-48-50-60(78)73-55(56(77)49-47-45-43-41-12-10-8-6-4-2)54-86-70-66(84)63(81)68(58(52-75)88-70)91-72-67(85)64(82)69(59(53-76)89-72)90-71-65(83)62(80)61(79)57(51-74)87-71/h5,7,11-13,15-16,18-19,21-22,24-25,27-28,41,47,49,55-59,61-72,74-77,79-85H,3-4,6,8-10,14,17,20,23,26,29-40,42-46,48,50-54H2,1-2H3,(H,73,78)/b7-5-,13-11-,16-15-,19-18-,22-21-,25-24-,28-27-,41-12+,49-47+. The molecule has 0 radical (unpaired) electrons. The molecule has 0 aromatic carbocycles. The van der Waals surface area contributed by atoms with Gasteiger partial charge in [0.2, 0.25) is 5.91 Å². The minimum absolute atomic E-state index is 0.229. The predicted octanol–water partition coefficient (Wildman–Crippen LogP) is 9.05. The second-order valence-corrected chi connectivity index (χ2v) is 24.2. The Kier molecular flexibility index (Phi) is 47.3. The van der Waals surface area contributed by atoms with E-state index in [0.717, 1.165) is 96.3 Å². The van der Waals surface area contributed by atoms with Crippen LogP contribution in [0.25, 0.3) is 0 Å². The van der Waals surface area contributed by atoms with Crippen LogP contribution in [0.3, 0.4) is 0 Å². The molecule has 91 heavy (non-hydrogen) atoms. The van der Waals surface area contributed by atoms with Gasteiger partial charge >= 0.3 is 0 Å². The first kappa shape index (κ1) is 81.7. The van der Waals surface area contributed by atoms with E-state index in [0.29, 0.717) is 12.8 Å². The predicted molar refractivity (Wildman–Crippen MR) is 355 cm³/mol. The Labute approximate surface area is 545 Å². The van der Waals surface area contributed by atoms with Crippen LogP contribution in [0.15, 0.2) is 109 Å². The van der Waals surface area contributed by atoms with Crippen LogP contribution in [0, 0.1) is 0 Å². The van der Waals surface area contributed by atoms with E-state index in [1.54, 1.807) is 6.08 Å². The summed E-state index contributed by atoms with van der Waals surface area (Å²) in [6.07, 6.45) is 44.0. The van der Waals surface area contributed by atoms with Gasteiger partial charge in [-0.05, 0) is 89.9 Å². The molecule has 17 unspecified atom stereocenters. The Morgan fingerprint density at radius 1 is 0.407 bits per heavy atom. The molecule has 0 aromatic rings. The Balaban J connectivity index is 1.31. The maximum Gasteiger partial charge on any atom is 0.220 e. The molecule has 0 aromatic heterocycles. The molecule has 12 N–H and O–H groups in total. The number of hydrogen-bond acceptors (Lipinski definition) is 18. The minimum atomic E-state index is -1.98. The lowest BCUT2D eigenvalue weighted by Crippen LogP contribution is -2.66. The summed E-state index contributed by atoms with van der Waals surface area (Å²) in [5.41, 5.74) is 0. The first-order valence-electron chi connectivity index (χ1n) is 34.6. The molecule has 0 bridgehead atoms. The average Bonchev–Trinajstić information content (AvgIpc) is 0.826. The van der Waals surface area contributed by atoms with E-state index in [1.165, 1.54) is 77.0 Å². The third-order valence-corrected chi connectivity index (χ3v) is 16.6. The normalized spacial score (nSPS) is 28.6. The van der Waals surface area contributed by atoms with E-state index < -0.39 is 124 Å². The van der Waals surface area contributed by atoms with Crippen molar-refractivity contribution in [1.82, 2.24) is 5.32 Å². The number of carbonyl (C=O) groups is 1. The van der Waals surface area contributed by atoms with Crippen LogP contribution in [0.1, 0.15) is 206 Å². The van der Waals surface area contributed by atoms with Crippen LogP contribution in [-0.2, 0) is 33.2 Å². The molecule has 3 aliphatic heterocycles. The molecule has 522 valence electrons. The maximum absolute atomic E-state index is 13.3. The van der Waals surface area contributed by atoms with Crippen LogP contribution < -0.4 is 5.32 Å². The number of rotatable bonds is 51. The summed E-state index contributed by atoms with van der Waals surface area (Å²) in [4.78, 5) is 13.3. The smallest absolute Gasteiger partial charge is 0.220 e. The molecule has 0 saturated carbocycles. The highest BCUT2D eigenvalue weighted by molar-refractivity contribution is 5.76. The molecule has 3 fully saturated rings. The van der Waals surface area contributed by atoms with E-state index in [9.17, 15) is 61.0 Å². The maximum atomic E-state index is 13.3. The zero-order valence-electron chi connectivity index (χ0n) is 55.0. The van der Waals surface area contributed by atoms with Crippen molar-refractivity contribution in [2.45, 2.75) is 311 Å². The van der Waals surface area contributed by atoms with Crippen LogP contribution in [0.4, 0.5) is 0 Å². The van der Waals surface area contributed by atoms with E-state index in [4.69, 9.17) is 28.4 Å². The SMILES string of the molecule is CC/C=C\C/C=C\C/C=C\C/C=C\C/C=C\C/C=C\C/C=C\CCCCCCCCCCCCCCCCCC(=O)NC(COC1OC(CO)C(OC2OC(CO)C(OC3OC(CO)C(O)C(O)C3O)C(O)C2O)C(O)C1O)C(O)/C=C/CC/C=C/CCCCC. The zero-order valence-corrected chi connectivity index (χ0v) is 55.0. The highest BCUT2D eigenvalue weighted by Gasteiger charge is 2.53. The molecule has 19 heteroatoms. The molecular weight excluding hydrogens is 1170 g/mol. The average molecular weight is 1290 g/mol. The second kappa shape index (κ2) is 52.7. The van der Waals surface area contributed by atoms with E-state index in [-0.39, 0.29) is 18.9 Å². The first-order chi connectivity index (χ1) is 44.3. The minimum Gasteiger partial charge on any atom is -0.394 e. The summed E-state index contributed by atoms with van der Waals surface area (Å²) in [5.74, 6) is -0.293. The van der Waals surface area contributed by atoms with Gasteiger partial charge in [0.15, 0.2) is 18.9 Å². The number of amides is 1. The molecule has 3 heterocycles. The summed E-state index contributed by atoms with van der Waals surface area (Å²) in [6, 6.07) is -0.993. The fourth-order valence-corrected chi connectivity index (χ4v) is 11.0. The summed E-state index contributed by atoms with van der Waals surface area (Å²) in [5, 5.41) is 120. The highest BCUT2D eigenvalue weighted by atomic mass is 16.8. The molecule has 1 amide bonds. The Bertz CT molecular complexity index is 2070. The quantitative estimate of drug-likeness (QED) is 0.0200. The van der Waals surface area contributed by atoms with Crippen LogP contribution >= 0.6 is 0 Å². The second-order valence-electron chi connectivity index (χ2n) is 24.2. The summed E-state index contributed by atoms with van der Waals surface area (Å²) in [7, 11) is 0. The molecule has 3 rings (SSSR count). The molecule has 17 atom stereocenters. The van der Waals surface area contributed by atoms with E-state index >= 15 is 0 Å². The summed E-state index contributed by atoms with van der Waals surface area (Å²) in [6.45, 7) is 1.51. The number of carbonyl (C=O) groups excluding carboxylic acids is 1. The van der Waals surface area contributed by atoms with Gasteiger partial charge in [0.1, 0.15) is 73.2 Å². The number of nitrogens with one attached hydrogen (secondary N) is 1. The molecule has 19 nitrogen and oxygen atoms in total. The number of ether oxygens (including phenoxy) is 6. The summed E-state index contributed by atoms with van der Waals surface area (Å²) >= 11 is 0. The Hall–Kier alpha value is -3.55. The molecule has 3 aliphatic rings. The Morgan fingerprint density at radius 2 is 0.769 bits per heavy atom. The van der Waals surface area contributed by atoms with Gasteiger partial charge in [0.25, 0.3) is 0 Å². The highest BCUT2D eigenvalue weighted by Crippen LogP contribution is 2.33. The summed E-state index contributed by atoms with van der Waals surface area (Å²) < 4.78 is 34.2. The van der Waals surface area contributed by atoms with Gasteiger partial charge in [0.05, 0.1) is 38.6 Å². The van der Waals surface area contributed by atoms with Gasteiger partial charge in [0, 0.05) is 6.42 Å². The first-order valence-corrected chi connectivity index (χ1v) is 34.6. The number of allylic oxidation sites excluding steroid dienone is 17. The van der Waals surface area contributed by atoms with Gasteiger partial charge < -0.3 is 89.9 Å². The zero-order chi connectivity index (χ0) is 66.1. The molecule has 0 spiro atoms. The third kappa shape index (κ3) is 34.6. The van der Waals surface area contributed by atoms with Crippen LogP contribution in [-0.4, -0.2) is 193 Å². The Morgan fingerprint density at radius 3 is 1.23 bits per heavy atom. The topological polar surface area (TPSA) is 307 Å². The van der Waals surface area contributed by atoms with Crippen molar-refractivity contribution >= 4 is 5.91 Å². The van der Waals surface area contributed by atoms with E-state index in [1.807, 2.05) is 6.08 Å². The lowest BCUT2D eigenvalue weighted by atomic mass is 9.96. The van der Waals surface area contributed by atoms with Gasteiger partial charge in [-0.25, -0.2) is 0 Å². The van der Waals surface area contributed by atoms with Crippen molar-refractivity contribution in [2.24, 2.45) is 0 Å². The van der Waals surface area contributed by atoms with Crippen molar-refractivity contribution in [3.8, 4) is 0 Å². The van der Waals surface area contributed by atoms with Crippen molar-refractivity contribution in [3.63, 3.8) is 0 Å². The van der Waals surface area contributed by atoms with E-state index in [2.05, 4.69) is 116 Å². The molecular formula is C72H121NO18. The van der Waals surface area contributed by atoms with Crippen molar-refractivity contribution in [1.29, 1.82) is 0 Å². The number of aliphatic hydroxyl groups excluding tert-OH is 11. The third-order valence-electron chi connectivity index (χ3n) is 16.6. The van der Waals surface area contributed by atoms with Gasteiger partial charge in [-0.1, -0.05) is 220 Å². The monoisotopic (exact) mass is 1290 g/mol. The number of unbranched alkanes of at least 4 members (excludes halogenated alkanes) is 19. The number of aliphatic hydroxyl groups is 11. The van der Waals surface area contributed by atoms with Crippen LogP contribution in [0.5, 0.6) is 0 Å². The lowest BCUT2D eigenvalue weighted by Gasteiger charge is -2.48. The molecule has 0 aliphatic carbocycles. The van der Waals surface area contributed by atoms with Crippen molar-refractivity contribution in [3.05, 3.63) is 109 Å². The fourth-order valence-electron chi connectivity index (χ4n) is 11.0.